The smallest absolute Gasteiger partial charge is 0.255 e. The van der Waals surface area contributed by atoms with Crippen LogP contribution in [0.1, 0.15) is 27.0 Å². The Kier molecular flexibility index (Phi) is 3.74. The summed E-state index contributed by atoms with van der Waals surface area (Å²) in [5.41, 5.74) is 4.86. The topological polar surface area (TPSA) is 62.0 Å². The summed E-state index contributed by atoms with van der Waals surface area (Å²) in [7, 11) is 0. The van der Waals surface area contributed by atoms with Gasteiger partial charge in [-0.05, 0) is 50.6 Å². The lowest BCUT2D eigenvalue weighted by atomic mass is 10.1. The molecule has 0 aliphatic carbocycles. The molecule has 0 aliphatic rings. The first-order valence-electron chi connectivity index (χ1n) is 7.46. The lowest BCUT2D eigenvalue weighted by Crippen LogP contribution is -2.12. The second-order valence-corrected chi connectivity index (χ2v) is 5.91. The quantitative estimate of drug-likeness (QED) is 0.758. The van der Waals surface area contributed by atoms with Crippen LogP contribution in [-0.4, -0.2) is 10.9 Å². The minimum atomic E-state index is -0.161. The van der Waals surface area contributed by atoms with Gasteiger partial charge in [-0.2, -0.15) is 0 Å². The zero-order chi connectivity index (χ0) is 16.6. The first-order valence-corrected chi connectivity index (χ1v) is 7.46. The third-order valence-corrected chi connectivity index (χ3v) is 3.79. The van der Waals surface area contributed by atoms with Crippen LogP contribution in [0.25, 0.3) is 10.9 Å². The number of carbonyl (C=O) groups excluding carboxylic acids is 1. The number of benzene rings is 2. The molecule has 0 bridgehead atoms. The van der Waals surface area contributed by atoms with Gasteiger partial charge in [0.1, 0.15) is 0 Å². The molecule has 0 unspecified atom stereocenters. The predicted octanol–water partition coefficient (Wildman–Crippen LogP) is 3.71. The van der Waals surface area contributed by atoms with Gasteiger partial charge in [-0.25, -0.2) is 0 Å². The third kappa shape index (κ3) is 3.16. The molecule has 4 heteroatoms. The molecule has 2 aromatic carbocycles. The van der Waals surface area contributed by atoms with E-state index in [-0.39, 0.29) is 11.5 Å². The number of aryl methyl sites for hydroxylation is 3. The van der Waals surface area contributed by atoms with Gasteiger partial charge in [0.15, 0.2) is 0 Å². The number of hydrogen-bond acceptors (Lipinski definition) is 2. The SMILES string of the molecule is Cc1cc(C)cc(C(=O)Nc2ccc3c(C)cc(=O)[nH]c3c2)c1. The van der Waals surface area contributed by atoms with Crippen molar-refractivity contribution in [3.63, 3.8) is 0 Å². The molecule has 1 amide bonds. The van der Waals surface area contributed by atoms with Gasteiger partial charge in [-0.3, -0.25) is 9.59 Å². The molecule has 3 aromatic rings. The van der Waals surface area contributed by atoms with Gasteiger partial charge >= 0.3 is 0 Å². The van der Waals surface area contributed by atoms with Crippen LogP contribution in [0, 0.1) is 20.8 Å². The Balaban J connectivity index is 1.95. The van der Waals surface area contributed by atoms with Crippen LogP contribution < -0.4 is 10.9 Å². The maximum atomic E-state index is 12.4. The van der Waals surface area contributed by atoms with E-state index in [0.29, 0.717) is 16.8 Å². The summed E-state index contributed by atoms with van der Waals surface area (Å²) >= 11 is 0. The van der Waals surface area contributed by atoms with Gasteiger partial charge in [0.25, 0.3) is 5.91 Å². The van der Waals surface area contributed by atoms with Gasteiger partial charge in [-0.15, -0.1) is 0 Å². The number of aromatic amines is 1. The molecule has 3 rings (SSSR count). The van der Waals surface area contributed by atoms with Gasteiger partial charge in [-0.1, -0.05) is 23.3 Å². The van der Waals surface area contributed by atoms with E-state index in [1.807, 2.05) is 51.1 Å². The van der Waals surface area contributed by atoms with E-state index in [1.165, 1.54) is 0 Å². The highest BCUT2D eigenvalue weighted by Gasteiger charge is 2.08. The van der Waals surface area contributed by atoms with Crippen LogP contribution in [0.5, 0.6) is 0 Å². The van der Waals surface area contributed by atoms with Crippen molar-refractivity contribution in [3.8, 4) is 0 Å². The zero-order valence-corrected chi connectivity index (χ0v) is 13.4. The number of fused-ring (bicyclic) bond motifs is 1. The largest absolute Gasteiger partial charge is 0.322 e. The zero-order valence-electron chi connectivity index (χ0n) is 13.4. The van der Waals surface area contributed by atoms with Crippen molar-refractivity contribution in [1.29, 1.82) is 0 Å². The molecule has 2 N–H and O–H groups in total. The number of nitrogens with one attached hydrogen (secondary N) is 2. The second-order valence-electron chi connectivity index (χ2n) is 5.91. The summed E-state index contributed by atoms with van der Waals surface area (Å²) in [5, 5.41) is 3.85. The average molecular weight is 306 g/mol. The van der Waals surface area contributed by atoms with Gasteiger partial charge in [0.2, 0.25) is 5.56 Å². The lowest BCUT2D eigenvalue weighted by molar-refractivity contribution is 0.102. The van der Waals surface area contributed by atoms with E-state index in [4.69, 9.17) is 0 Å². The molecule has 1 heterocycles. The Hall–Kier alpha value is -2.88. The number of pyridine rings is 1. The number of anilines is 1. The molecule has 0 saturated heterocycles. The standard InChI is InChI=1S/C19H18N2O2/c1-11-6-12(2)8-14(7-11)19(23)20-15-4-5-16-13(3)9-18(22)21-17(16)10-15/h4-10H,1-3H3,(H,20,23)(H,21,22). The summed E-state index contributed by atoms with van der Waals surface area (Å²) in [6.45, 7) is 5.83. The first-order chi connectivity index (χ1) is 10.9. The average Bonchev–Trinajstić information content (AvgIpc) is 2.45. The predicted molar refractivity (Wildman–Crippen MR) is 93.2 cm³/mol. The van der Waals surface area contributed by atoms with Crippen molar-refractivity contribution < 1.29 is 4.79 Å². The fourth-order valence-electron chi connectivity index (χ4n) is 2.82. The van der Waals surface area contributed by atoms with E-state index in [0.717, 1.165) is 22.1 Å². The van der Waals surface area contributed by atoms with Crippen molar-refractivity contribution in [2.75, 3.05) is 5.32 Å². The molecular weight excluding hydrogens is 288 g/mol. The molecule has 0 spiro atoms. The highest BCUT2D eigenvalue weighted by Crippen LogP contribution is 2.20. The molecule has 4 nitrogen and oxygen atoms in total. The molecular formula is C19H18N2O2. The Morgan fingerprint density at radius 3 is 2.35 bits per heavy atom. The first kappa shape index (κ1) is 15.0. The molecule has 0 fully saturated rings. The van der Waals surface area contributed by atoms with E-state index in [1.54, 1.807) is 12.1 Å². The fourth-order valence-corrected chi connectivity index (χ4v) is 2.82. The van der Waals surface area contributed by atoms with Crippen LogP contribution >= 0.6 is 0 Å². The van der Waals surface area contributed by atoms with Crippen LogP contribution in [0.2, 0.25) is 0 Å². The van der Waals surface area contributed by atoms with Crippen molar-refractivity contribution in [3.05, 3.63) is 75.1 Å². The molecule has 0 radical (unpaired) electrons. The number of carbonyl (C=O) groups is 1. The molecule has 116 valence electrons. The maximum absolute atomic E-state index is 12.4. The lowest BCUT2D eigenvalue weighted by Gasteiger charge is -2.09. The normalized spacial score (nSPS) is 10.7. The van der Waals surface area contributed by atoms with E-state index in [9.17, 15) is 9.59 Å². The monoisotopic (exact) mass is 306 g/mol. The summed E-state index contributed by atoms with van der Waals surface area (Å²) < 4.78 is 0. The van der Waals surface area contributed by atoms with Crippen molar-refractivity contribution in [2.24, 2.45) is 0 Å². The van der Waals surface area contributed by atoms with E-state index in [2.05, 4.69) is 10.3 Å². The third-order valence-electron chi connectivity index (χ3n) is 3.79. The molecule has 0 aliphatic heterocycles. The van der Waals surface area contributed by atoms with Crippen molar-refractivity contribution >= 4 is 22.5 Å². The van der Waals surface area contributed by atoms with E-state index < -0.39 is 0 Å². The highest BCUT2D eigenvalue weighted by atomic mass is 16.1. The minimum Gasteiger partial charge on any atom is -0.322 e. The number of rotatable bonds is 2. The summed E-state index contributed by atoms with van der Waals surface area (Å²) in [6.07, 6.45) is 0. The van der Waals surface area contributed by atoms with E-state index >= 15 is 0 Å². The highest BCUT2D eigenvalue weighted by molar-refractivity contribution is 6.05. The Labute approximate surface area is 134 Å². The van der Waals surface area contributed by atoms with Gasteiger partial charge < -0.3 is 10.3 Å². The Morgan fingerprint density at radius 2 is 1.65 bits per heavy atom. The molecule has 23 heavy (non-hydrogen) atoms. The Bertz CT molecular complexity index is 951. The second kappa shape index (κ2) is 5.72. The minimum absolute atomic E-state index is 0.146. The summed E-state index contributed by atoms with van der Waals surface area (Å²) in [6, 6.07) is 12.8. The fraction of sp³-hybridized carbons (Fsp3) is 0.158. The molecule has 1 aromatic heterocycles. The number of aromatic nitrogens is 1. The Morgan fingerprint density at radius 1 is 0.957 bits per heavy atom. The van der Waals surface area contributed by atoms with Crippen molar-refractivity contribution in [2.45, 2.75) is 20.8 Å². The van der Waals surface area contributed by atoms with Gasteiger partial charge in [0, 0.05) is 22.7 Å². The van der Waals surface area contributed by atoms with Crippen LogP contribution in [0.3, 0.4) is 0 Å². The summed E-state index contributed by atoms with van der Waals surface area (Å²) in [5.74, 6) is -0.161. The van der Waals surface area contributed by atoms with Crippen LogP contribution in [0.4, 0.5) is 5.69 Å². The number of H-pyrrole nitrogens is 1. The maximum Gasteiger partial charge on any atom is 0.255 e. The van der Waals surface area contributed by atoms with Crippen molar-refractivity contribution in [1.82, 2.24) is 4.98 Å². The molecule has 0 saturated carbocycles. The van der Waals surface area contributed by atoms with Crippen LogP contribution in [0.15, 0.2) is 47.3 Å². The van der Waals surface area contributed by atoms with Crippen LogP contribution in [-0.2, 0) is 0 Å². The number of amides is 1. The van der Waals surface area contributed by atoms with Gasteiger partial charge in [0.05, 0.1) is 5.52 Å². The molecule has 0 atom stereocenters. The summed E-state index contributed by atoms with van der Waals surface area (Å²) in [4.78, 5) is 26.8. The number of hydrogen-bond donors (Lipinski definition) is 2.